The van der Waals surface area contributed by atoms with E-state index >= 15 is 0 Å². The summed E-state index contributed by atoms with van der Waals surface area (Å²) >= 11 is 0. The molecular formula is C27H45N5O16. The molecule has 21 nitrogen and oxygen atoms in total. The molecule has 2 saturated heterocycles. The van der Waals surface area contributed by atoms with Gasteiger partial charge < -0.3 is 76.6 Å². The molecule has 2 aliphatic rings. The lowest BCUT2D eigenvalue weighted by molar-refractivity contribution is -0.333. The average molecular weight is 696 g/mol. The Morgan fingerprint density at radius 1 is 0.812 bits per heavy atom. The monoisotopic (exact) mass is 695 g/mol. The molecule has 48 heavy (non-hydrogen) atoms. The van der Waals surface area contributed by atoms with E-state index in [1.807, 2.05) is 0 Å². The quantitative estimate of drug-likeness (QED) is 0.0715. The molecule has 13 unspecified atom stereocenters. The number of nitrogens with two attached hydrogens (primary N) is 1. The van der Waals surface area contributed by atoms with Gasteiger partial charge in [-0.25, -0.2) is 0 Å². The number of carboxylic acid groups (broad SMARTS) is 1. The maximum atomic E-state index is 13.1. The highest BCUT2D eigenvalue weighted by Crippen LogP contribution is 2.31. The van der Waals surface area contributed by atoms with Gasteiger partial charge in [-0.1, -0.05) is 0 Å². The molecule has 0 bridgehead atoms. The summed E-state index contributed by atoms with van der Waals surface area (Å²) in [6.45, 7) is 3.07. The molecule has 12 N–H and O–H groups in total. The van der Waals surface area contributed by atoms with Crippen molar-refractivity contribution in [1.29, 1.82) is 0 Å². The molecule has 2 rings (SSSR count). The van der Waals surface area contributed by atoms with Crippen LogP contribution >= 0.6 is 0 Å². The molecule has 0 aromatic carbocycles. The maximum Gasteiger partial charge on any atom is 0.303 e. The number of ether oxygens (including phenoxy) is 4. The van der Waals surface area contributed by atoms with E-state index in [1.165, 1.54) is 13.8 Å². The first-order valence-electron chi connectivity index (χ1n) is 15.0. The molecule has 2 heterocycles. The highest BCUT2D eigenvalue weighted by Gasteiger charge is 2.52. The number of amides is 5. The zero-order chi connectivity index (χ0) is 36.5. The topological polar surface area (TPSA) is 335 Å². The van der Waals surface area contributed by atoms with Gasteiger partial charge >= 0.3 is 5.97 Å². The van der Waals surface area contributed by atoms with Gasteiger partial charge in [0.25, 0.3) is 0 Å². The summed E-state index contributed by atoms with van der Waals surface area (Å²) in [4.78, 5) is 72.3. The van der Waals surface area contributed by atoms with E-state index in [9.17, 15) is 54.3 Å². The Bertz CT molecular complexity index is 1160. The molecule has 21 heteroatoms. The van der Waals surface area contributed by atoms with Crippen molar-refractivity contribution in [3.05, 3.63) is 0 Å². The van der Waals surface area contributed by atoms with Crippen molar-refractivity contribution in [2.45, 2.75) is 120 Å². The number of hydrogen-bond acceptors (Lipinski definition) is 15. The number of aliphatic hydroxyl groups excluding tert-OH is 5. The van der Waals surface area contributed by atoms with E-state index in [1.54, 1.807) is 0 Å². The maximum absolute atomic E-state index is 13.1. The van der Waals surface area contributed by atoms with Crippen molar-refractivity contribution in [2.75, 3.05) is 13.2 Å². The second kappa shape index (κ2) is 18.3. The molecule has 2 aliphatic heterocycles. The van der Waals surface area contributed by atoms with Crippen LogP contribution in [0.25, 0.3) is 0 Å². The molecule has 0 aromatic heterocycles. The highest BCUT2D eigenvalue weighted by atomic mass is 16.7. The molecule has 5 amide bonds. The zero-order valence-corrected chi connectivity index (χ0v) is 26.7. The van der Waals surface area contributed by atoms with Crippen LogP contribution in [0.2, 0.25) is 0 Å². The van der Waals surface area contributed by atoms with Gasteiger partial charge in [0.2, 0.25) is 29.5 Å². The summed E-state index contributed by atoms with van der Waals surface area (Å²) in [5.41, 5.74) is 5.24. The number of carboxylic acids is 1. The predicted molar refractivity (Wildman–Crippen MR) is 156 cm³/mol. The molecule has 274 valence electrons. The molecule has 0 saturated carbocycles. The second-order valence-electron chi connectivity index (χ2n) is 11.4. The number of primary amides is 1. The zero-order valence-electron chi connectivity index (χ0n) is 26.7. The molecule has 13 atom stereocenters. The number of aliphatic carboxylic acids is 1. The largest absolute Gasteiger partial charge is 0.481 e. The van der Waals surface area contributed by atoms with Crippen molar-refractivity contribution >= 4 is 35.5 Å². The van der Waals surface area contributed by atoms with Crippen molar-refractivity contribution < 1.29 is 78.4 Å². The lowest BCUT2D eigenvalue weighted by atomic mass is 9.94. The number of carbonyl (C=O) groups is 6. The Morgan fingerprint density at radius 2 is 1.40 bits per heavy atom. The Balaban J connectivity index is 2.34. The van der Waals surface area contributed by atoms with Gasteiger partial charge in [-0.05, 0) is 20.3 Å². The summed E-state index contributed by atoms with van der Waals surface area (Å²) in [6.07, 6.45) is -15.1. The third-order valence-corrected chi connectivity index (χ3v) is 7.55. The SMILES string of the molecule is CC(=O)NC1C(OC2C(CO)OC(O)C(NC(C)=O)C2OC(C)C(=O)NC(C)C(=O)NC(CCC(=O)O)C(N)=O)OC(CO)C(O)C1O. The molecule has 0 aromatic rings. The Hall–Kier alpha value is -3.54. The van der Waals surface area contributed by atoms with Crippen molar-refractivity contribution in [2.24, 2.45) is 5.73 Å². The molecular weight excluding hydrogens is 650 g/mol. The second-order valence-corrected chi connectivity index (χ2v) is 11.4. The Morgan fingerprint density at radius 3 is 1.92 bits per heavy atom. The molecule has 0 spiro atoms. The van der Waals surface area contributed by atoms with Crippen LogP contribution in [-0.4, -0.2) is 159 Å². The van der Waals surface area contributed by atoms with E-state index in [4.69, 9.17) is 29.8 Å². The number of hydrogen-bond donors (Lipinski definition) is 11. The predicted octanol–water partition coefficient (Wildman–Crippen LogP) is -6.36. The smallest absolute Gasteiger partial charge is 0.303 e. The number of aliphatic hydroxyl groups is 5. The number of rotatable bonds is 16. The van der Waals surface area contributed by atoms with Crippen LogP contribution in [0.5, 0.6) is 0 Å². The molecule has 0 aliphatic carbocycles. The standard InChI is InChI=1S/C27H45N5O16/c1-9(24(42)32-13(23(28)41)5-6-16(37)38)29-25(43)10(2)45-22-18(31-12(4)36)26(44)46-15(8-34)21(22)48-27-17(30-11(3)35)20(40)19(39)14(7-33)47-27/h9-10,13-15,17-22,26-27,33-34,39-40,44H,5-8H2,1-4H3,(H2,28,41)(H,29,43)(H,30,35)(H,31,36)(H,32,42)(H,37,38). The van der Waals surface area contributed by atoms with E-state index in [0.717, 1.165) is 13.8 Å². The Kier molecular flexibility index (Phi) is 15.5. The third-order valence-electron chi connectivity index (χ3n) is 7.55. The first kappa shape index (κ1) is 40.6. The van der Waals surface area contributed by atoms with Crippen LogP contribution in [0, 0.1) is 0 Å². The van der Waals surface area contributed by atoms with Gasteiger partial charge in [-0.3, -0.25) is 28.8 Å². The third kappa shape index (κ3) is 11.0. The van der Waals surface area contributed by atoms with Crippen molar-refractivity contribution in [1.82, 2.24) is 21.3 Å². The minimum Gasteiger partial charge on any atom is -0.481 e. The van der Waals surface area contributed by atoms with Crippen molar-refractivity contribution in [3.8, 4) is 0 Å². The Labute approximate surface area is 274 Å². The van der Waals surface area contributed by atoms with E-state index in [0.29, 0.717) is 0 Å². The summed E-state index contributed by atoms with van der Waals surface area (Å²) in [7, 11) is 0. The first-order valence-corrected chi connectivity index (χ1v) is 15.0. The minimum atomic E-state index is -1.83. The van der Waals surface area contributed by atoms with Gasteiger partial charge in [0.15, 0.2) is 12.6 Å². The number of nitrogens with one attached hydrogen (secondary N) is 4. The van der Waals surface area contributed by atoms with Crippen LogP contribution in [0.1, 0.15) is 40.5 Å². The van der Waals surface area contributed by atoms with E-state index in [-0.39, 0.29) is 6.42 Å². The highest BCUT2D eigenvalue weighted by molar-refractivity contribution is 5.92. The average Bonchev–Trinajstić information content (AvgIpc) is 3.00. The van der Waals surface area contributed by atoms with Crippen LogP contribution in [-0.2, 0) is 47.7 Å². The van der Waals surface area contributed by atoms with Gasteiger partial charge in [-0.2, -0.15) is 0 Å². The lowest BCUT2D eigenvalue weighted by Crippen LogP contribution is -2.70. The number of carbonyl (C=O) groups excluding carboxylic acids is 5. The fourth-order valence-corrected chi connectivity index (χ4v) is 5.07. The summed E-state index contributed by atoms with van der Waals surface area (Å²) in [5, 5.41) is 69.8. The lowest BCUT2D eigenvalue weighted by Gasteiger charge is -2.48. The molecule has 2 fully saturated rings. The van der Waals surface area contributed by atoms with E-state index < -0.39 is 135 Å². The van der Waals surface area contributed by atoms with Crippen LogP contribution in [0.4, 0.5) is 0 Å². The fraction of sp³-hybridized carbons (Fsp3) is 0.778. The van der Waals surface area contributed by atoms with Gasteiger partial charge in [0, 0.05) is 20.3 Å². The normalized spacial score (nSPS) is 32.2. The minimum absolute atomic E-state index is 0.302. The van der Waals surface area contributed by atoms with E-state index in [2.05, 4.69) is 21.3 Å². The first-order chi connectivity index (χ1) is 22.4. The van der Waals surface area contributed by atoms with Gasteiger partial charge in [0.1, 0.15) is 66.9 Å². The van der Waals surface area contributed by atoms with Crippen LogP contribution in [0.15, 0.2) is 0 Å². The van der Waals surface area contributed by atoms with Crippen LogP contribution in [0.3, 0.4) is 0 Å². The summed E-state index contributed by atoms with van der Waals surface area (Å²) in [6, 6.07) is -5.57. The van der Waals surface area contributed by atoms with Gasteiger partial charge in [0.05, 0.1) is 13.2 Å². The van der Waals surface area contributed by atoms with Gasteiger partial charge in [-0.15, -0.1) is 0 Å². The van der Waals surface area contributed by atoms with Crippen molar-refractivity contribution in [3.63, 3.8) is 0 Å². The molecule has 0 radical (unpaired) electrons. The fourth-order valence-electron chi connectivity index (χ4n) is 5.07. The van der Waals surface area contributed by atoms with Crippen LogP contribution < -0.4 is 27.0 Å². The summed E-state index contributed by atoms with van der Waals surface area (Å²) in [5.74, 6) is -5.40. The summed E-state index contributed by atoms with van der Waals surface area (Å²) < 4.78 is 23.0.